The van der Waals surface area contributed by atoms with Crippen molar-refractivity contribution in [3.8, 4) is 11.1 Å². The van der Waals surface area contributed by atoms with Crippen molar-refractivity contribution in [2.24, 2.45) is 0 Å². The van der Waals surface area contributed by atoms with Crippen LogP contribution in [-0.2, 0) is 11.0 Å². The highest BCUT2D eigenvalue weighted by molar-refractivity contribution is 6.00. The Bertz CT molecular complexity index is 1410. The minimum atomic E-state index is -0.405. The predicted octanol–water partition coefficient (Wildman–Crippen LogP) is 3.50. The summed E-state index contributed by atoms with van der Waals surface area (Å²) in [6, 6.07) is 10.7. The first-order chi connectivity index (χ1) is 17.3. The number of H-pyrrole nitrogens is 1. The molecule has 1 aliphatic heterocycles. The van der Waals surface area contributed by atoms with Gasteiger partial charge < -0.3 is 20.5 Å². The molecular formula is C26H30N8O2. The first kappa shape index (κ1) is 22.7. The number of anilines is 1. The number of fused-ring (bicyclic) bond motifs is 1. The molecule has 2 aliphatic rings. The number of carbonyl (C=O) groups excluding carboxylic acids is 1. The largest absolute Gasteiger partial charge is 0.364 e. The number of carbonyl (C=O) groups is 1. The fraction of sp³-hybridized carbons (Fsp3) is 0.423. The Kier molecular flexibility index (Phi) is 5.29. The maximum Gasteiger partial charge on any atom is 0.315 e. The monoisotopic (exact) mass is 486 g/mol. The lowest BCUT2D eigenvalue weighted by molar-refractivity contribution is 0.0886. The van der Waals surface area contributed by atoms with Crippen molar-refractivity contribution < 1.29 is 9.32 Å². The topological polar surface area (TPSA) is 134 Å². The summed E-state index contributed by atoms with van der Waals surface area (Å²) in [6.45, 7) is 7.88. The number of nitrogens with zero attached hydrogens (tertiary/aromatic N) is 4. The molecule has 0 bridgehead atoms. The molecule has 4 aromatic rings. The van der Waals surface area contributed by atoms with Gasteiger partial charge in [-0.05, 0) is 48.6 Å². The zero-order valence-electron chi connectivity index (χ0n) is 20.7. The SMILES string of the molecule is CC(C)(C)c1noc(C(=O)NC2(c3ccc(-c4ccnc5[nH]nc(N[C@@H]6CCNC6)c45)cc3)CC2)n1. The Labute approximate surface area is 208 Å². The zero-order chi connectivity index (χ0) is 24.9. The van der Waals surface area contributed by atoms with Crippen LogP contribution in [0.3, 0.4) is 0 Å². The van der Waals surface area contributed by atoms with E-state index in [2.05, 4.69) is 65.5 Å². The number of pyridine rings is 1. The van der Waals surface area contributed by atoms with Crippen molar-refractivity contribution >= 4 is 22.8 Å². The lowest BCUT2D eigenvalue weighted by Gasteiger charge is -2.17. The maximum atomic E-state index is 12.9. The number of hydrogen-bond acceptors (Lipinski definition) is 8. The third kappa shape index (κ3) is 4.11. The quantitative estimate of drug-likeness (QED) is 0.325. The van der Waals surface area contributed by atoms with E-state index in [4.69, 9.17) is 4.52 Å². The van der Waals surface area contributed by atoms with E-state index in [9.17, 15) is 4.79 Å². The lowest BCUT2D eigenvalue weighted by Crippen LogP contribution is -2.35. The fourth-order valence-corrected chi connectivity index (χ4v) is 4.74. The number of nitrogens with one attached hydrogen (secondary N) is 4. The first-order valence-electron chi connectivity index (χ1n) is 12.4. The van der Waals surface area contributed by atoms with Crippen LogP contribution in [0, 0.1) is 0 Å². The van der Waals surface area contributed by atoms with Gasteiger partial charge in [-0.3, -0.25) is 9.89 Å². The van der Waals surface area contributed by atoms with Crippen LogP contribution >= 0.6 is 0 Å². The van der Waals surface area contributed by atoms with Gasteiger partial charge in [0.05, 0.1) is 10.9 Å². The molecule has 0 radical (unpaired) electrons. The van der Waals surface area contributed by atoms with Crippen LogP contribution in [0.5, 0.6) is 0 Å². The molecular weight excluding hydrogens is 456 g/mol. The Morgan fingerprint density at radius 1 is 1.17 bits per heavy atom. The Hall–Kier alpha value is -3.79. The van der Waals surface area contributed by atoms with E-state index >= 15 is 0 Å². The summed E-state index contributed by atoms with van der Waals surface area (Å²) in [5, 5.41) is 22.6. The van der Waals surface area contributed by atoms with Gasteiger partial charge in [0.25, 0.3) is 0 Å². The zero-order valence-corrected chi connectivity index (χ0v) is 20.7. The molecule has 1 amide bonds. The van der Waals surface area contributed by atoms with Crippen molar-refractivity contribution in [3.05, 3.63) is 53.8 Å². The van der Waals surface area contributed by atoms with Gasteiger partial charge in [0.15, 0.2) is 17.3 Å². The Morgan fingerprint density at radius 3 is 2.64 bits per heavy atom. The van der Waals surface area contributed by atoms with Gasteiger partial charge in [0.2, 0.25) is 0 Å². The minimum absolute atomic E-state index is 0.000511. The predicted molar refractivity (Wildman–Crippen MR) is 136 cm³/mol. The van der Waals surface area contributed by atoms with Crippen molar-refractivity contribution in [2.45, 2.75) is 57.0 Å². The summed E-state index contributed by atoms with van der Waals surface area (Å²) >= 11 is 0. The molecule has 1 aromatic carbocycles. The number of benzene rings is 1. The van der Waals surface area contributed by atoms with Crippen LogP contribution in [-0.4, -0.2) is 50.4 Å². The molecule has 1 aliphatic carbocycles. The van der Waals surface area contributed by atoms with E-state index in [-0.39, 0.29) is 17.2 Å². The molecule has 36 heavy (non-hydrogen) atoms. The summed E-state index contributed by atoms with van der Waals surface area (Å²) in [5.41, 5.74) is 3.24. The second kappa shape index (κ2) is 8.41. The molecule has 1 atom stereocenters. The van der Waals surface area contributed by atoms with Crippen LogP contribution in [0.2, 0.25) is 0 Å². The van der Waals surface area contributed by atoms with Crippen molar-refractivity contribution in [1.29, 1.82) is 0 Å². The highest BCUT2D eigenvalue weighted by Gasteiger charge is 2.46. The van der Waals surface area contributed by atoms with Gasteiger partial charge in [0, 0.05) is 24.2 Å². The van der Waals surface area contributed by atoms with Gasteiger partial charge in [-0.2, -0.15) is 10.1 Å². The van der Waals surface area contributed by atoms with E-state index in [1.165, 1.54) is 0 Å². The lowest BCUT2D eigenvalue weighted by atomic mass is 9.96. The molecule has 4 N–H and O–H groups in total. The van der Waals surface area contributed by atoms with E-state index in [1.807, 2.05) is 26.8 Å². The molecule has 6 rings (SSSR count). The molecule has 0 unspecified atom stereocenters. The van der Waals surface area contributed by atoms with Gasteiger partial charge >= 0.3 is 11.8 Å². The number of rotatable bonds is 6. The third-order valence-electron chi connectivity index (χ3n) is 7.00. The number of aromatic amines is 1. The second-order valence-electron chi connectivity index (χ2n) is 10.8. The van der Waals surface area contributed by atoms with Crippen LogP contribution in [0.15, 0.2) is 41.1 Å². The average molecular weight is 487 g/mol. The summed E-state index contributed by atoms with van der Waals surface area (Å²) in [5.74, 6) is 0.999. The smallest absolute Gasteiger partial charge is 0.315 e. The van der Waals surface area contributed by atoms with Crippen molar-refractivity contribution in [1.82, 2.24) is 36.0 Å². The van der Waals surface area contributed by atoms with Crippen LogP contribution in [0.4, 0.5) is 5.82 Å². The van der Waals surface area contributed by atoms with E-state index in [0.717, 1.165) is 65.9 Å². The van der Waals surface area contributed by atoms with Gasteiger partial charge in [-0.25, -0.2) is 4.98 Å². The van der Waals surface area contributed by atoms with Gasteiger partial charge in [-0.15, -0.1) is 0 Å². The maximum absolute atomic E-state index is 12.9. The van der Waals surface area contributed by atoms with Crippen molar-refractivity contribution in [3.63, 3.8) is 0 Å². The highest BCUT2D eigenvalue weighted by Crippen LogP contribution is 2.46. The molecule has 2 fully saturated rings. The molecule has 186 valence electrons. The van der Waals surface area contributed by atoms with Crippen LogP contribution in [0.1, 0.15) is 62.1 Å². The molecule has 1 saturated heterocycles. The molecule has 3 aromatic heterocycles. The molecule has 10 nitrogen and oxygen atoms in total. The normalized spacial score (nSPS) is 18.9. The Morgan fingerprint density at radius 2 is 1.97 bits per heavy atom. The van der Waals surface area contributed by atoms with Crippen LogP contribution < -0.4 is 16.0 Å². The average Bonchev–Trinajstić information content (AvgIpc) is 3.28. The second-order valence-corrected chi connectivity index (χ2v) is 10.8. The molecule has 4 heterocycles. The number of aromatic nitrogens is 5. The number of hydrogen-bond donors (Lipinski definition) is 4. The highest BCUT2D eigenvalue weighted by atomic mass is 16.5. The number of amides is 1. The summed E-state index contributed by atoms with van der Waals surface area (Å²) in [7, 11) is 0. The summed E-state index contributed by atoms with van der Waals surface area (Å²) in [6.07, 6.45) is 4.59. The summed E-state index contributed by atoms with van der Waals surface area (Å²) < 4.78 is 5.23. The molecule has 0 spiro atoms. The molecule has 1 saturated carbocycles. The summed E-state index contributed by atoms with van der Waals surface area (Å²) in [4.78, 5) is 21.6. The first-order valence-corrected chi connectivity index (χ1v) is 12.4. The standard InChI is InChI=1S/C26H30N8O2/c1-25(2,3)24-30-23(36-34-24)22(35)31-26(10-11-26)16-6-4-15(5-7-16)18-9-13-28-20-19(18)21(33-32-20)29-17-8-12-27-14-17/h4-7,9,13,17,27H,8,10-12,14H2,1-3H3,(H,31,35)(H2,28,29,32,33)/t17-/m1/s1. The third-order valence-corrected chi connectivity index (χ3v) is 7.00. The molecule has 10 heteroatoms. The van der Waals surface area contributed by atoms with E-state index in [0.29, 0.717) is 11.9 Å². The van der Waals surface area contributed by atoms with Gasteiger partial charge in [0.1, 0.15) is 0 Å². The van der Waals surface area contributed by atoms with E-state index < -0.39 is 5.54 Å². The fourth-order valence-electron chi connectivity index (χ4n) is 4.74. The van der Waals surface area contributed by atoms with Gasteiger partial charge in [-0.1, -0.05) is 50.2 Å². The van der Waals surface area contributed by atoms with Crippen LogP contribution in [0.25, 0.3) is 22.2 Å². The van der Waals surface area contributed by atoms with Crippen molar-refractivity contribution in [2.75, 3.05) is 18.4 Å². The van der Waals surface area contributed by atoms with E-state index in [1.54, 1.807) is 6.20 Å². The Balaban J connectivity index is 1.24. The minimum Gasteiger partial charge on any atom is -0.364 e.